The minimum atomic E-state index is -0.586. The molecule has 2 nitrogen and oxygen atoms in total. The summed E-state index contributed by atoms with van der Waals surface area (Å²) in [6.45, 7) is 1.68. The van der Waals surface area contributed by atoms with Crippen LogP contribution in [-0.4, -0.2) is 24.9 Å². The molecule has 0 aliphatic heterocycles. The third-order valence-corrected chi connectivity index (χ3v) is 1.02. The summed E-state index contributed by atoms with van der Waals surface area (Å²) in [6.07, 6.45) is 1.06. The molecular weight excluding hydrogens is 128 g/mol. The first-order valence-electron chi connectivity index (χ1n) is 2.27. The fourth-order valence-corrected chi connectivity index (χ4v) is 0.484. The maximum atomic E-state index is 9.84. The molecule has 47 valence electrons. The fraction of sp³-hybridized carbons (Fsp3) is 0.800. The van der Waals surface area contributed by atoms with E-state index in [1.54, 1.807) is 13.2 Å². The molecule has 0 saturated heterocycles. The van der Waals surface area contributed by atoms with Crippen molar-refractivity contribution in [2.24, 2.45) is 0 Å². The van der Waals surface area contributed by atoms with Gasteiger partial charge in [-0.25, -0.2) is 0 Å². The molecule has 1 radical (unpaired) electrons. The van der Waals surface area contributed by atoms with Crippen LogP contribution in [0.4, 0.5) is 0 Å². The highest BCUT2D eigenvalue weighted by Crippen LogP contribution is 2.01. The number of halogens is 1. The zero-order chi connectivity index (χ0) is 6.57. The summed E-state index contributed by atoms with van der Waals surface area (Å²) >= 11 is 5.46. The molecule has 0 fully saturated rings. The van der Waals surface area contributed by atoms with Crippen molar-refractivity contribution in [1.29, 1.82) is 0 Å². The number of hydrogen-bond donors (Lipinski definition) is 0. The van der Waals surface area contributed by atoms with Gasteiger partial charge in [0.05, 0.1) is 5.38 Å². The van der Waals surface area contributed by atoms with Crippen LogP contribution in [0.25, 0.3) is 0 Å². The van der Waals surface area contributed by atoms with Gasteiger partial charge in [0.1, 0.15) is 6.10 Å². The van der Waals surface area contributed by atoms with E-state index in [2.05, 4.69) is 4.74 Å². The van der Waals surface area contributed by atoms with Gasteiger partial charge in [0.25, 0.3) is 0 Å². The number of rotatable bonds is 3. The van der Waals surface area contributed by atoms with Crippen molar-refractivity contribution in [3.8, 4) is 0 Å². The van der Waals surface area contributed by atoms with Gasteiger partial charge in [-0.3, -0.25) is 4.79 Å². The number of hydrogen-bond acceptors (Lipinski definition) is 2. The molecule has 8 heavy (non-hydrogen) atoms. The van der Waals surface area contributed by atoms with E-state index < -0.39 is 6.10 Å². The Balaban J connectivity index is 3.51. The van der Waals surface area contributed by atoms with Crippen molar-refractivity contribution in [1.82, 2.24) is 0 Å². The van der Waals surface area contributed by atoms with Gasteiger partial charge >= 0.3 is 0 Å². The Morgan fingerprint density at radius 2 is 2.25 bits per heavy atom. The first kappa shape index (κ1) is 7.92. The van der Waals surface area contributed by atoms with E-state index in [1.165, 1.54) is 7.11 Å². The van der Waals surface area contributed by atoms with E-state index in [0.717, 1.165) is 0 Å². The first-order valence-corrected chi connectivity index (χ1v) is 2.70. The predicted molar refractivity (Wildman–Crippen MR) is 31.8 cm³/mol. The summed E-state index contributed by atoms with van der Waals surface area (Å²) in [5, 5.41) is -0.294. The van der Waals surface area contributed by atoms with E-state index in [1.807, 2.05) is 0 Å². The number of alkyl halides is 1. The molecular formula is C5H8ClO2. The Hall–Kier alpha value is -0.0800. The molecule has 3 heteroatoms. The van der Waals surface area contributed by atoms with Gasteiger partial charge in [0.15, 0.2) is 0 Å². The minimum Gasteiger partial charge on any atom is -0.372 e. The Kier molecular flexibility index (Phi) is 3.83. The lowest BCUT2D eigenvalue weighted by molar-refractivity contribution is 0.152. The second-order valence-corrected chi connectivity index (χ2v) is 2.14. The monoisotopic (exact) mass is 135 g/mol. The van der Waals surface area contributed by atoms with Crippen molar-refractivity contribution in [2.45, 2.75) is 18.4 Å². The lowest BCUT2D eigenvalue weighted by Crippen LogP contribution is -2.21. The van der Waals surface area contributed by atoms with Crippen LogP contribution >= 0.6 is 11.6 Å². The molecule has 0 aromatic carbocycles. The second-order valence-electron chi connectivity index (χ2n) is 1.45. The molecule has 0 rings (SSSR count). The van der Waals surface area contributed by atoms with Crippen LogP contribution in [0, 0.1) is 0 Å². The van der Waals surface area contributed by atoms with Gasteiger partial charge in [-0.2, -0.15) is 0 Å². The predicted octanol–water partition coefficient (Wildman–Crippen LogP) is 0.738. The normalized spacial score (nSPS) is 17.4. The summed E-state index contributed by atoms with van der Waals surface area (Å²) < 4.78 is 4.61. The standard InChI is InChI=1S/C5H8ClO2/c1-4(6)5(3-7)8-2/h4-5H,1-2H3. The minimum absolute atomic E-state index is 0.294. The summed E-state index contributed by atoms with van der Waals surface area (Å²) in [4.78, 5) is 9.84. The summed E-state index contributed by atoms with van der Waals surface area (Å²) in [7, 11) is 1.43. The molecule has 2 atom stereocenters. The Morgan fingerprint density at radius 1 is 1.75 bits per heavy atom. The summed E-state index contributed by atoms with van der Waals surface area (Å²) in [6, 6.07) is 0. The van der Waals surface area contributed by atoms with Crippen molar-refractivity contribution in [3.05, 3.63) is 0 Å². The molecule has 0 spiro atoms. The highest BCUT2D eigenvalue weighted by molar-refractivity contribution is 6.21. The van der Waals surface area contributed by atoms with Gasteiger partial charge in [-0.15, -0.1) is 11.6 Å². The quantitative estimate of drug-likeness (QED) is 0.534. The molecule has 0 aliphatic carbocycles. The fourth-order valence-electron chi connectivity index (χ4n) is 0.329. The molecule has 0 heterocycles. The van der Waals surface area contributed by atoms with Crippen LogP contribution in [0.3, 0.4) is 0 Å². The van der Waals surface area contributed by atoms with Crippen LogP contribution < -0.4 is 0 Å². The molecule has 0 aliphatic rings. The Morgan fingerprint density at radius 3 is 2.25 bits per heavy atom. The second kappa shape index (κ2) is 3.87. The molecule has 0 saturated carbocycles. The van der Waals surface area contributed by atoms with Gasteiger partial charge in [-0.05, 0) is 6.92 Å². The topological polar surface area (TPSA) is 26.3 Å². The van der Waals surface area contributed by atoms with E-state index >= 15 is 0 Å². The Bertz CT molecular complexity index is 72.8. The summed E-state index contributed by atoms with van der Waals surface area (Å²) in [5.74, 6) is 0. The molecule has 0 N–H and O–H groups in total. The molecule has 0 bridgehead atoms. The summed E-state index contributed by atoms with van der Waals surface area (Å²) in [5.41, 5.74) is 0. The number of ether oxygens (including phenoxy) is 1. The first-order chi connectivity index (χ1) is 3.72. The van der Waals surface area contributed by atoms with E-state index in [9.17, 15) is 4.79 Å². The van der Waals surface area contributed by atoms with Crippen LogP contribution in [-0.2, 0) is 9.53 Å². The maximum absolute atomic E-state index is 9.84. The van der Waals surface area contributed by atoms with Gasteiger partial charge < -0.3 is 4.74 Å². The molecule has 0 amide bonds. The smallest absolute Gasteiger partial charge is 0.231 e. The van der Waals surface area contributed by atoms with Gasteiger partial charge in [0, 0.05) is 7.11 Å². The van der Waals surface area contributed by atoms with Crippen LogP contribution in [0.5, 0.6) is 0 Å². The zero-order valence-electron chi connectivity index (χ0n) is 4.85. The van der Waals surface area contributed by atoms with E-state index in [0.29, 0.717) is 0 Å². The molecule has 2 unspecified atom stereocenters. The highest BCUT2D eigenvalue weighted by Gasteiger charge is 2.12. The van der Waals surface area contributed by atoms with Crippen LogP contribution in [0.15, 0.2) is 0 Å². The number of methoxy groups -OCH3 is 1. The molecule has 0 aromatic rings. The highest BCUT2D eigenvalue weighted by atomic mass is 35.5. The van der Waals surface area contributed by atoms with Crippen LogP contribution in [0.2, 0.25) is 0 Å². The third-order valence-electron chi connectivity index (χ3n) is 0.787. The van der Waals surface area contributed by atoms with Gasteiger partial charge in [0.2, 0.25) is 6.29 Å². The van der Waals surface area contributed by atoms with Gasteiger partial charge in [-0.1, -0.05) is 0 Å². The molecule has 0 aromatic heterocycles. The lowest BCUT2D eigenvalue weighted by atomic mass is 10.3. The third kappa shape index (κ3) is 2.28. The average Bonchev–Trinajstić information content (AvgIpc) is 1.69. The van der Waals surface area contributed by atoms with Crippen molar-refractivity contribution in [3.63, 3.8) is 0 Å². The number of carbonyl (C=O) groups excluding carboxylic acids is 1. The lowest BCUT2D eigenvalue weighted by Gasteiger charge is -2.07. The Labute approximate surface area is 53.8 Å². The van der Waals surface area contributed by atoms with E-state index in [-0.39, 0.29) is 5.38 Å². The SMILES string of the molecule is COC([C]=O)C(C)Cl. The van der Waals surface area contributed by atoms with Crippen LogP contribution in [0.1, 0.15) is 6.92 Å². The largest absolute Gasteiger partial charge is 0.372 e. The maximum Gasteiger partial charge on any atom is 0.231 e. The van der Waals surface area contributed by atoms with E-state index in [4.69, 9.17) is 11.6 Å². The van der Waals surface area contributed by atoms with Crippen molar-refractivity contribution < 1.29 is 9.53 Å². The van der Waals surface area contributed by atoms with Crippen molar-refractivity contribution in [2.75, 3.05) is 7.11 Å². The average molecular weight is 136 g/mol. The zero-order valence-corrected chi connectivity index (χ0v) is 5.61. The van der Waals surface area contributed by atoms with Crippen molar-refractivity contribution >= 4 is 17.9 Å².